The normalized spacial score (nSPS) is 16.5. The van der Waals surface area contributed by atoms with Gasteiger partial charge in [0, 0.05) is 17.9 Å². The third-order valence-corrected chi connectivity index (χ3v) is 6.85. The summed E-state index contributed by atoms with van der Waals surface area (Å²) in [6.07, 6.45) is 3.81. The van der Waals surface area contributed by atoms with Crippen LogP contribution in [0.2, 0.25) is 0 Å². The molecule has 0 atom stereocenters. The number of hydrogen-bond donors (Lipinski definition) is 1. The van der Waals surface area contributed by atoms with Gasteiger partial charge in [-0.05, 0) is 31.6 Å². The molecule has 4 rings (SSSR count). The highest BCUT2D eigenvalue weighted by molar-refractivity contribution is 8.01. The highest BCUT2D eigenvalue weighted by atomic mass is 32.2. The number of ketones is 1. The van der Waals surface area contributed by atoms with Crippen molar-refractivity contribution in [3.05, 3.63) is 42.0 Å². The minimum atomic E-state index is -0.604. The van der Waals surface area contributed by atoms with Gasteiger partial charge in [-0.15, -0.1) is 16.8 Å². The Morgan fingerprint density at radius 2 is 2.07 bits per heavy atom. The molecule has 0 spiro atoms. The third kappa shape index (κ3) is 3.34. The molecule has 29 heavy (non-hydrogen) atoms. The van der Waals surface area contributed by atoms with Crippen LogP contribution in [0.25, 0.3) is 5.57 Å². The Kier molecular flexibility index (Phi) is 4.95. The van der Waals surface area contributed by atoms with E-state index in [1.807, 2.05) is 26.0 Å². The standard InChI is InChI=1S/C20H20N4O3S2/c1-5-6-21-18-22-23-19(29-18)28-10-11-9-20(2,3)24-15-13(11)7-12(27-4)8-14(15)16(25)17(24)26/h5,7-9H,1,6,10H2,2-4H3,(H,21,22). The number of amides is 1. The third-order valence-electron chi connectivity index (χ3n) is 4.79. The molecular formula is C20H20N4O3S2. The monoisotopic (exact) mass is 428 g/mol. The number of rotatable bonds is 7. The zero-order valence-electron chi connectivity index (χ0n) is 16.3. The van der Waals surface area contributed by atoms with Gasteiger partial charge in [0.2, 0.25) is 5.13 Å². The summed E-state index contributed by atoms with van der Waals surface area (Å²) in [5, 5.41) is 12.2. The van der Waals surface area contributed by atoms with Crippen molar-refractivity contribution < 1.29 is 14.3 Å². The first kappa shape index (κ1) is 19.7. The molecule has 0 saturated carbocycles. The van der Waals surface area contributed by atoms with Gasteiger partial charge in [0.05, 0.1) is 23.9 Å². The van der Waals surface area contributed by atoms with E-state index < -0.39 is 17.2 Å². The Balaban J connectivity index is 1.68. The van der Waals surface area contributed by atoms with E-state index in [1.165, 1.54) is 11.3 Å². The van der Waals surface area contributed by atoms with Crippen LogP contribution in [0.15, 0.2) is 35.2 Å². The van der Waals surface area contributed by atoms with Gasteiger partial charge in [0.1, 0.15) is 5.75 Å². The predicted octanol–water partition coefficient (Wildman–Crippen LogP) is 3.64. The van der Waals surface area contributed by atoms with E-state index in [0.29, 0.717) is 29.3 Å². The lowest BCUT2D eigenvalue weighted by Gasteiger charge is -2.38. The number of carbonyl (C=O) groups excluding carboxylic acids is 2. The first-order valence-corrected chi connectivity index (χ1v) is 10.8. The molecule has 150 valence electrons. The number of thioether (sulfide) groups is 1. The molecule has 2 aliphatic heterocycles. The van der Waals surface area contributed by atoms with Crippen molar-refractivity contribution in [2.75, 3.05) is 29.6 Å². The summed E-state index contributed by atoms with van der Waals surface area (Å²) < 4.78 is 6.21. The van der Waals surface area contributed by atoms with Gasteiger partial charge >= 0.3 is 0 Å². The predicted molar refractivity (Wildman–Crippen MR) is 116 cm³/mol. The fraction of sp³-hybridized carbons (Fsp3) is 0.300. The van der Waals surface area contributed by atoms with Crippen LogP contribution in [0, 0.1) is 0 Å². The summed E-state index contributed by atoms with van der Waals surface area (Å²) >= 11 is 3.05. The maximum Gasteiger partial charge on any atom is 0.300 e. The molecule has 1 amide bonds. The van der Waals surface area contributed by atoms with E-state index in [1.54, 1.807) is 35.9 Å². The largest absolute Gasteiger partial charge is 0.497 e. The maximum absolute atomic E-state index is 12.6. The lowest BCUT2D eigenvalue weighted by Crippen LogP contribution is -2.47. The second-order valence-electron chi connectivity index (χ2n) is 7.20. The Hall–Kier alpha value is -2.65. The molecule has 1 aromatic carbocycles. The fourth-order valence-electron chi connectivity index (χ4n) is 3.58. The van der Waals surface area contributed by atoms with Gasteiger partial charge in [0.15, 0.2) is 4.34 Å². The maximum atomic E-state index is 12.6. The summed E-state index contributed by atoms with van der Waals surface area (Å²) in [4.78, 5) is 26.8. The van der Waals surface area contributed by atoms with Crippen molar-refractivity contribution in [1.82, 2.24) is 10.2 Å². The Morgan fingerprint density at radius 1 is 1.31 bits per heavy atom. The minimum absolute atomic E-state index is 0.403. The number of anilines is 2. The Morgan fingerprint density at radius 3 is 2.79 bits per heavy atom. The summed E-state index contributed by atoms with van der Waals surface area (Å²) in [5.41, 5.74) is 2.35. The van der Waals surface area contributed by atoms with Crippen molar-refractivity contribution in [2.24, 2.45) is 0 Å². The molecule has 7 nitrogen and oxygen atoms in total. The summed E-state index contributed by atoms with van der Waals surface area (Å²) in [5.74, 6) is 0.210. The number of benzene rings is 1. The number of Topliss-reactive ketones (excluding diaryl/α,β-unsaturated/α-hetero) is 1. The van der Waals surface area contributed by atoms with E-state index in [-0.39, 0.29) is 0 Å². The first-order valence-electron chi connectivity index (χ1n) is 9.00. The van der Waals surface area contributed by atoms with Crippen LogP contribution < -0.4 is 15.0 Å². The van der Waals surface area contributed by atoms with Gasteiger partial charge in [0.25, 0.3) is 11.7 Å². The van der Waals surface area contributed by atoms with Gasteiger partial charge in [-0.3, -0.25) is 14.5 Å². The van der Waals surface area contributed by atoms with Crippen LogP contribution >= 0.6 is 23.1 Å². The van der Waals surface area contributed by atoms with Gasteiger partial charge in [-0.25, -0.2) is 0 Å². The quantitative estimate of drug-likeness (QED) is 0.409. The molecule has 0 unspecified atom stereocenters. The molecule has 0 radical (unpaired) electrons. The van der Waals surface area contributed by atoms with Crippen molar-refractivity contribution in [3.8, 4) is 5.75 Å². The Bertz CT molecular complexity index is 1060. The second kappa shape index (κ2) is 7.31. The smallest absolute Gasteiger partial charge is 0.300 e. The van der Waals surface area contributed by atoms with E-state index in [4.69, 9.17) is 4.74 Å². The number of methoxy groups -OCH3 is 1. The Labute approximate surface area is 176 Å². The number of hydrogen-bond acceptors (Lipinski definition) is 8. The number of nitrogens with one attached hydrogen (secondary N) is 1. The van der Waals surface area contributed by atoms with Crippen LogP contribution in [0.1, 0.15) is 29.8 Å². The highest BCUT2D eigenvalue weighted by Crippen LogP contribution is 2.48. The molecule has 1 N–H and O–H groups in total. The first-order chi connectivity index (χ1) is 13.9. The topological polar surface area (TPSA) is 84.4 Å². The van der Waals surface area contributed by atoms with E-state index in [9.17, 15) is 9.59 Å². The number of ether oxygens (including phenoxy) is 1. The summed E-state index contributed by atoms with van der Waals surface area (Å²) in [6, 6.07) is 3.53. The lowest BCUT2D eigenvalue weighted by molar-refractivity contribution is -0.115. The SMILES string of the molecule is C=CCNc1nnc(SCC2=CC(C)(C)N3C(=O)C(=O)c4cc(OC)cc2c43)s1. The zero-order valence-corrected chi connectivity index (χ0v) is 17.9. The molecular weight excluding hydrogens is 408 g/mol. The second-order valence-corrected chi connectivity index (χ2v) is 9.40. The zero-order chi connectivity index (χ0) is 20.8. The number of nitrogens with zero attached hydrogens (tertiary/aromatic N) is 3. The van der Waals surface area contributed by atoms with E-state index >= 15 is 0 Å². The molecule has 1 aromatic heterocycles. The molecule has 2 aromatic rings. The lowest BCUT2D eigenvalue weighted by atomic mass is 9.89. The minimum Gasteiger partial charge on any atom is -0.497 e. The van der Waals surface area contributed by atoms with Gasteiger partial charge in [-0.2, -0.15) is 0 Å². The summed E-state index contributed by atoms with van der Waals surface area (Å²) in [6.45, 7) is 8.18. The molecule has 0 saturated heterocycles. The summed E-state index contributed by atoms with van der Waals surface area (Å²) in [7, 11) is 1.55. The van der Waals surface area contributed by atoms with Gasteiger partial charge < -0.3 is 10.1 Å². The molecule has 0 fully saturated rings. The molecule has 0 aliphatic carbocycles. The van der Waals surface area contributed by atoms with Crippen LogP contribution in [0.4, 0.5) is 10.8 Å². The van der Waals surface area contributed by atoms with Crippen LogP contribution in [0.5, 0.6) is 5.75 Å². The van der Waals surface area contributed by atoms with Crippen LogP contribution in [-0.2, 0) is 4.79 Å². The molecule has 0 bridgehead atoms. The van der Waals surface area contributed by atoms with E-state index in [0.717, 1.165) is 20.6 Å². The average molecular weight is 429 g/mol. The van der Waals surface area contributed by atoms with Crippen molar-refractivity contribution in [1.29, 1.82) is 0 Å². The molecule has 9 heteroatoms. The van der Waals surface area contributed by atoms with Crippen LogP contribution in [0.3, 0.4) is 0 Å². The number of carbonyl (C=O) groups is 2. The molecule has 2 aliphatic rings. The van der Waals surface area contributed by atoms with Gasteiger partial charge in [-0.1, -0.05) is 35.3 Å². The number of aromatic nitrogens is 2. The van der Waals surface area contributed by atoms with Crippen LogP contribution in [-0.4, -0.2) is 46.8 Å². The van der Waals surface area contributed by atoms with Crippen molar-refractivity contribution >= 4 is 51.2 Å². The van der Waals surface area contributed by atoms with Crippen molar-refractivity contribution in [3.63, 3.8) is 0 Å². The molecule has 3 heterocycles. The van der Waals surface area contributed by atoms with Crippen molar-refractivity contribution in [2.45, 2.75) is 23.7 Å². The average Bonchev–Trinajstić information content (AvgIpc) is 3.25. The van der Waals surface area contributed by atoms with E-state index in [2.05, 4.69) is 22.1 Å². The highest BCUT2D eigenvalue weighted by Gasteiger charge is 2.47. The fourth-order valence-corrected chi connectivity index (χ4v) is 5.33.